The van der Waals surface area contributed by atoms with Gasteiger partial charge in [-0.1, -0.05) is 27.7 Å². The van der Waals surface area contributed by atoms with Crippen molar-refractivity contribution in [2.45, 2.75) is 60.4 Å². The van der Waals surface area contributed by atoms with E-state index in [0.29, 0.717) is 5.92 Å². The molecule has 0 fully saturated rings. The van der Waals surface area contributed by atoms with E-state index in [1.807, 2.05) is 0 Å². The Bertz CT molecular complexity index is 188. The molecule has 0 saturated heterocycles. The van der Waals surface area contributed by atoms with E-state index in [9.17, 15) is 0 Å². The van der Waals surface area contributed by atoms with Gasteiger partial charge in [0.1, 0.15) is 0 Å². The fourth-order valence-electron chi connectivity index (χ4n) is 2.43. The number of rotatable bonds is 11. The van der Waals surface area contributed by atoms with Gasteiger partial charge in [-0.25, -0.2) is 0 Å². The molecule has 0 bridgehead atoms. The summed E-state index contributed by atoms with van der Waals surface area (Å²) in [5.41, 5.74) is 0. The van der Waals surface area contributed by atoms with Crippen LogP contribution < -0.4 is 0 Å². The van der Waals surface area contributed by atoms with Crippen LogP contribution in [0.1, 0.15) is 54.4 Å². The van der Waals surface area contributed by atoms with E-state index in [1.54, 1.807) is 0 Å². The SMILES string of the molecule is CCCN(CCC)[Si](CC(C)C)(OCC)OCC. The monoisotopic (exact) mass is 275 g/mol. The molecule has 110 valence electrons. The summed E-state index contributed by atoms with van der Waals surface area (Å²) < 4.78 is 14.9. The molecule has 0 N–H and O–H groups in total. The van der Waals surface area contributed by atoms with Gasteiger partial charge in [0.25, 0.3) is 0 Å². The van der Waals surface area contributed by atoms with Crippen LogP contribution in [0.3, 0.4) is 0 Å². The third-order valence-corrected chi connectivity index (χ3v) is 7.10. The zero-order valence-electron chi connectivity index (χ0n) is 13.3. The maximum absolute atomic E-state index is 6.19. The number of nitrogens with zero attached hydrogens (tertiary/aromatic N) is 1. The lowest BCUT2D eigenvalue weighted by atomic mass is 10.3. The van der Waals surface area contributed by atoms with Crippen LogP contribution in [0.25, 0.3) is 0 Å². The molecule has 18 heavy (non-hydrogen) atoms. The minimum Gasteiger partial charge on any atom is -0.383 e. The molecule has 4 heteroatoms. The molecule has 0 aromatic carbocycles. The van der Waals surface area contributed by atoms with Gasteiger partial charge in [-0.3, -0.25) is 4.57 Å². The zero-order valence-corrected chi connectivity index (χ0v) is 14.3. The van der Waals surface area contributed by atoms with Gasteiger partial charge in [-0.05, 0) is 45.7 Å². The van der Waals surface area contributed by atoms with E-state index in [2.05, 4.69) is 46.1 Å². The van der Waals surface area contributed by atoms with Gasteiger partial charge < -0.3 is 8.85 Å². The Hall–Kier alpha value is 0.0969. The lowest BCUT2D eigenvalue weighted by molar-refractivity contribution is 0.116. The first-order chi connectivity index (χ1) is 8.56. The Kier molecular flexibility index (Phi) is 10.0. The van der Waals surface area contributed by atoms with Gasteiger partial charge in [-0.15, -0.1) is 0 Å². The van der Waals surface area contributed by atoms with Gasteiger partial charge in [0.15, 0.2) is 0 Å². The summed E-state index contributed by atoms with van der Waals surface area (Å²) in [7, 11) is -2.20. The highest BCUT2D eigenvalue weighted by molar-refractivity contribution is 6.64. The third kappa shape index (κ3) is 5.82. The molecule has 0 unspecified atom stereocenters. The number of hydrogen-bond acceptors (Lipinski definition) is 3. The Labute approximate surface area is 115 Å². The Morgan fingerprint density at radius 3 is 1.61 bits per heavy atom. The van der Waals surface area contributed by atoms with Crippen molar-refractivity contribution >= 4 is 8.72 Å². The molecule has 0 aliphatic heterocycles. The van der Waals surface area contributed by atoms with Gasteiger partial charge in [0.05, 0.1) is 0 Å². The third-order valence-electron chi connectivity index (χ3n) is 2.87. The van der Waals surface area contributed by atoms with Crippen LogP contribution in [-0.2, 0) is 8.85 Å². The Morgan fingerprint density at radius 2 is 1.33 bits per heavy atom. The summed E-state index contributed by atoms with van der Waals surface area (Å²) >= 11 is 0. The Morgan fingerprint density at radius 1 is 0.889 bits per heavy atom. The van der Waals surface area contributed by atoms with Gasteiger partial charge in [0, 0.05) is 19.3 Å². The quantitative estimate of drug-likeness (QED) is 0.536. The highest BCUT2D eigenvalue weighted by Gasteiger charge is 2.44. The molecule has 0 aliphatic carbocycles. The lowest BCUT2D eigenvalue weighted by Gasteiger charge is -2.40. The first kappa shape index (κ1) is 18.1. The largest absolute Gasteiger partial charge is 0.428 e. The highest BCUT2D eigenvalue weighted by Crippen LogP contribution is 2.24. The molecule has 0 saturated carbocycles. The van der Waals surface area contributed by atoms with Crippen LogP contribution in [0, 0.1) is 5.92 Å². The molecule has 0 rings (SSSR count). The molecule has 0 radical (unpaired) electrons. The lowest BCUT2D eigenvalue weighted by Crippen LogP contribution is -2.59. The molecule has 0 aromatic rings. The molecule has 0 spiro atoms. The van der Waals surface area contributed by atoms with Crippen LogP contribution >= 0.6 is 0 Å². The second kappa shape index (κ2) is 9.95. The van der Waals surface area contributed by atoms with Crippen molar-refractivity contribution in [2.24, 2.45) is 5.92 Å². The summed E-state index contributed by atoms with van der Waals surface area (Å²) in [5.74, 6) is 0.617. The van der Waals surface area contributed by atoms with Crippen LogP contribution in [0.4, 0.5) is 0 Å². The summed E-state index contributed by atoms with van der Waals surface area (Å²) in [6.07, 6.45) is 2.32. The van der Waals surface area contributed by atoms with Crippen molar-refractivity contribution in [3.05, 3.63) is 0 Å². The van der Waals surface area contributed by atoms with Crippen LogP contribution in [0.15, 0.2) is 0 Å². The van der Waals surface area contributed by atoms with E-state index in [-0.39, 0.29) is 0 Å². The van der Waals surface area contributed by atoms with Crippen molar-refractivity contribution in [3.63, 3.8) is 0 Å². The molecule has 0 heterocycles. The van der Waals surface area contributed by atoms with Crippen molar-refractivity contribution in [1.82, 2.24) is 4.57 Å². The second-order valence-electron chi connectivity index (χ2n) is 5.16. The topological polar surface area (TPSA) is 21.7 Å². The fraction of sp³-hybridized carbons (Fsp3) is 1.00. The predicted octanol–water partition coefficient (Wildman–Crippen LogP) is 3.78. The molecule has 3 nitrogen and oxygen atoms in total. The van der Waals surface area contributed by atoms with Crippen LogP contribution in [-0.4, -0.2) is 39.6 Å². The van der Waals surface area contributed by atoms with E-state index >= 15 is 0 Å². The second-order valence-corrected chi connectivity index (χ2v) is 8.21. The summed E-state index contributed by atoms with van der Waals surface area (Å²) in [6, 6.07) is 1.06. The molecule has 0 atom stereocenters. The molecule has 0 aliphatic rings. The minimum atomic E-state index is -2.20. The first-order valence-corrected chi connectivity index (χ1v) is 9.56. The molecular weight excluding hydrogens is 242 g/mol. The summed E-state index contributed by atoms with van der Waals surface area (Å²) in [4.78, 5) is 0. The van der Waals surface area contributed by atoms with Crippen molar-refractivity contribution in [1.29, 1.82) is 0 Å². The normalized spacial score (nSPS) is 12.7. The maximum Gasteiger partial charge on any atom is 0.428 e. The van der Waals surface area contributed by atoms with Crippen molar-refractivity contribution in [3.8, 4) is 0 Å². The van der Waals surface area contributed by atoms with E-state index < -0.39 is 8.72 Å². The molecule has 0 aromatic heterocycles. The van der Waals surface area contributed by atoms with Crippen molar-refractivity contribution < 1.29 is 8.85 Å². The fourth-order valence-corrected chi connectivity index (χ4v) is 6.44. The van der Waals surface area contributed by atoms with E-state index in [1.165, 1.54) is 0 Å². The minimum absolute atomic E-state index is 0.617. The molecular formula is C14H33NO2Si. The van der Waals surface area contributed by atoms with E-state index in [0.717, 1.165) is 45.2 Å². The average Bonchev–Trinajstić information content (AvgIpc) is 2.28. The zero-order chi connectivity index (χ0) is 14.0. The summed E-state index contributed by atoms with van der Waals surface area (Å²) in [6.45, 7) is 16.8. The summed E-state index contributed by atoms with van der Waals surface area (Å²) in [5, 5.41) is 0. The number of hydrogen-bond donors (Lipinski definition) is 0. The van der Waals surface area contributed by atoms with Gasteiger partial charge in [0.2, 0.25) is 0 Å². The predicted molar refractivity (Wildman–Crippen MR) is 80.8 cm³/mol. The standard InChI is InChI=1S/C14H33NO2Si/c1-7-11-15(12-8-2)18(16-9-3,17-10-4)13-14(5)6/h14H,7-13H2,1-6H3. The van der Waals surface area contributed by atoms with Crippen molar-refractivity contribution in [2.75, 3.05) is 26.3 Å². The maximum atomic E-state index is 6.19. The first-order valence-electron chi connectivity index (χ1n) is 7.59. The van der Waals surface area contributed by atoms with Gasteiger partial charge in [-0.2, -0.15) is 0 Å². The highest BCUT2D eigenvalue weighted by atomic mass is 28.4. The van der Waals surface area contributed by atoms with Crippen LogP contribution in [0.2, 0.25) is 6.04 Å². The van der Waals surface area contributed by atoms with Crippen LogP contribution in [0.5, 0.6) is 0 Å². The smallest absolute Gasteiger partial charge is 0.383 e. The average molecular weight is 276 g/mol. The molecule has 0 amide bonds. The van der Waals surface area contributed by atoms with E-state index in [4.69, 9.17) is 8.85 Å². The Balaban J connectivity index is 5.03. The van der Waals surface area contributed by atoms with Gasteiger partial charge >= 0.3 is 8.72 Å².